The lowest BCUT2D eigenvalue weighted by molar-refractivity contribution is -0.130. The first-order valence-corrected chi connectivity index (χ1v) is 9.99. The van der Waals surface area contributed by atoms with E-state index in [1.54, 1.807) is 29.4 Å². The van der Waals surface area contributed by atoms with Crippen molar-refractivity contribution in [2.24, 2.45) is 0 Å². The number of hydrogen-bond acceptors (Lipinski definition) is 5. The fraction of sp³-hybridized carbons (Fsp3) is 0.588. The molecule has 0 saturated carbocycles. The molecule has 126 valence electrons. The lowest BCUT2D eigenvalue weighted by Gasteiger charge is -2.24. The van der Waals surface area contributed by atoms with Gasteiger partial charge in [-0.05, 0) is 32.3 Å². The number of carbonyl (C=O) groups is 1. The number of carbonyl (C=O) groups excluding carboxylic acids is 1. The van der Waals surface area contributed by atoms with E-state index < -0.39 is 0 Å². The number of hydrogen-bond donors (Lipinski definition) is 0. The minimum Gasteiger partial charge on any atom is -0.342 e. The van der Waals surface area contributed by atoms with Gasteiger partial charge in [0.2, 0.25) is 5.91 Å². The van der Waals surface area contributed by atoms with Crippen molar-refractivity contribution in [1.29, 1.82) is 0 Å². The van der Waals surface area contributed by atoms with E-state index in [9.17, 15) is 4.79 Å². The van der Waals surface area contributed by atoms with Crippen LogP contribution in [0.3, 0.4) is 0 Å². The Labute approximate surface area is 146 Å². The van der Waals surface area contributed by atoms with Crippen molar-refractivity contribution >= 4 is 39.2 Å². The number of thioether (sulfide) groups is 1. The highest BCUT2D eigenvalue weighted by Crippen LogP contribution is 2.33. The third-order valence-corrected chi connectivity index (χ3v) is 5.92. The summed E-state index contributed by atoms with van der Waals surface area (Å²) in [6, 6.07) is 2.16. The van der Waals surface area contributed by atoms with E-state index in [1.807, 2.05) is 11.8 Å². The molecule has 0 aliphatic heterocycles. The molecule has 1 unspecified atom stereocenters. The molecule has 1 atom stereocenters. The number of amides is 1. The van der Waals surface area contributed by atoms with Crippen LogP contribution in [-0.2, 0) is 11.2 Å². The summed E-state index contributed by atoms with van der Waals surface area (Å²) in [5.41, 5.74) is 0. The van der Waals surface area contributed by atoms with Gasteiger partial charge >= 0.3 is 0 Å². The summed E-state index contributed by atoms with van der Waals surface area (Å²) in [5, 5.41) is 1.87. The fourth-order valence-electron chi connectivity index (χ4n) is 2.50. The average molecular weight is 352 g/mol. The van der Waals surface area contributed by atoms with Crippen molar-refractivity contribution in [3.63, 3.8) is 0 Å². The molecule has 23 heavy (non-hydrogen) atoms. The van der Waals surface area contributed by atoms with E-state index in [0.717, 1.165) is 47.6 Å². The average Bonchev–Trinajstić information content (AvgIpc) is 2.98. The Morgan fingerprint density at radius 1 is 1.26 bits per heavy atom. The summed E-state index contributed by atoms with van der Waals surface area (Å²) in [6.07, 6.45) is 4.59. The van der Waals surface area contributed by atoms with Gasteiger partial charge in [0.15, 0.2) is 0 Å². The highest BCUT2D eigenvalue weighted by Gasteiger charge is 2.22. The van der Waals surface area contributed by atoms with Crippen LogP contribution in [0.4, 0.5) is 0 Å². The first kappa shape index (κ1) is 18.2. The zero-order valence-electron chi connectivity index (χ0n) is 14.3. The normalized spacial score (nSPS) is 12.5. The van der Waals surface area contributed by atoms with Gasteiger partial charge < -0.3 is 4.90 Å². The maximum atomic E-state index is 12.7. The van der Waals surface area contributed by atoms with Crippen LogP contribution in [0.15, 0.2) is 17.4 Å². The first-order valence-electron chi connectivity index (χ1n) is 8.29. The number of aryl methyl sites for hydroxylation is 1. The molecule has 2 aromatic heterocycles. The molecule has 0 N–H and O–H groups in total. The Balaban J connectivity index is 2.17. The number of fused-ring (bicyclic) bond motifs is 1. The molecule has 4 nitrogen and oxygen atoms in total. The third kappa shape index (κ3) is 4.44. The summed E-state index contributed by atoms with van der Waals surface area (Å²) in [7, 11) is 0. The van der Waals surface area contributed by atoms with E-state index in [1.165, 1.54) is 4.88 Å². The van der Waals surface area contributed by atoms with Crippen LogP contribution in [0.1, 0.15) is 45.4 Å². The zero-order valence-corrected chi connectivity index (χ0v) is 16.0. The maximum Gasteiger partial charge on any atom is 0.235 e. The minimum atomic E-state index is -0.129. The smallest absolute Gasteiger partial charge is 0.235 e. The lowest BCUT2D eigenvalue weighted by Crippen LogP contribution is -2.37. The van der Waals surface area contributed by atoms with Gasteiger partial charge in [0, 0.05) is 23.4 Å². The predicted octanol–water partition coefficient (Wildman–Crippen LogP) is 4.38. The van der Waals surface area contributed by atoms with Crippen LogP contribution in [0.5, 0.6) is 0 Å². The Bertz CT molecular complexity index is 650. The van der Waals surface area contributed by atoms with E-state index in [2.05, 4.69) is 36.8 Å². The fourth-order valence-corrected chi connectivity index (χ4v) is 4.47. The van der Waals surface area contributed by atoms with Gasteiger partial charge in [0.25, 0.3) is 0 Å². The van der Waals surface area contributed by atoms with Crippen LogP contribution in [0, 0.1) is 0 Å². The molecule has 0 saturated heterocycles. The molecular formula is C17H25N3OS2. The third-order valence-electron chi connectivity index (χ3n) is 3.63. The largest absolute Gasteiger partial charge is 0.342 e. The molecule has 1 amide bonds. The van der Waals surface area contributed by atoms with E-state index in [-0.39, 0.29) is 11.2 Å². The molecular weight excluding hydrogens is 326 g/mol. The van der Waals surface area contributed by atoms with Gasteiger partial charge in [-0.1, -0.05) is 32.5 Å². The Kier molecular flexibility index (Phi) is 6.84. The Morgan fingerprint density at radius 2 is 1.96 bits per heavy atom. The van der Waals surface area contributed by atoms with Crippen LogP contribution in [-0.4, -0.2) is 39.1 Å². The molecule has 2 aromatic rings. The van der Waals surface area contributed by atoms with Crippen molar-refractivity contribution in [2.45, 2.75) is 57.2 Å². The summed E-state index contributed by atoms with van der Waals surface area (Å²) >= 11 is 3.26. The second-order valence-corrected chi connectivity index (χ2v) is 7.99. The van der Waals surface area contributed by atoms with E-state index >= 15 is 0 Å². The number of rotatable bonds is 8. The van der Waals surface area contributed by atoms with Crippen molar-refractivity contribution < 1.29 is 4.79 Å². The van der Waals surface area contributed by atoms with Gasteiger partial charge in [-0.3, -0.25) is 4.79 Å². The van der Waals surface area contributed by atoms with Crippen LogP contribution in [0.25, 0.3) is 10.2 Å². The van der Waals surface area contributed by atoms with Crippen molar-refractivity contribution in [3.8, 4) is 0 Å². The molecule has 0 spiro atoms. The molecule has 0 aromatic carbocycles. The topological polar surface area (TPSA) is 46.1 Å². The summed E-state index contributed by atoms with van der Waals surface area (Å²) in [5.74, 6) is 0.205. The number of nitrogens with zero attached hydrogens (tertiary/aromatic N) is 3. The Morgan fingerprint density at radius 3 is 2.57 bits per heavy atom. The molecule has 0 aliphatic rings. The van der Waals surface area contributed by atoms with Gasteiger partial charge in [-0.15, -0.1) is 11.3 Å². The molecule has 6 heteroatoms. The molecule has 0 bridgehead atoms. The monoisotopic (exact) mass is 351 g/mol. The SMILES string of the molecule is CCCN(CCC)C(=O)C(C)Sc1ncnc2sc(CC)cc12. The van der Waals surface area contributed by atoms with Gasteiger partial charge in [-0.25, -0.2) is 9.97 Å². The van der Waals surface area contributed by atoms with Crippen molar-refractivity contribution in [2.75, 3.05) is 13.1 Å². The summed E-state index contributed by atoms with van der Waals surface area (Å²) in [4.78, 5) is 25.8. The number of thiophene rings is 1. The highest BCUT2D eigenvalue weighted by molar-refractivity contribution is 8.00. The molecule has 0 aliphatic carbocycles. The molecule has 2 rings (SSSR count). The van der Waals surface area contributed by atoms with Crippen molar-refractivity contribution in [3.05, 3.63) is 17.3 Å². The summed E-state index contributed by atoms with van der Waals surface area (Å²) in [6.45, 7) is 10.00. The zero-order chi connectivity index (χ0) is 16.8. The summed E-state index contributed by atoms with van der Waals surface area (Å²) < 4.78 is 0. The molecule has 0 fully saturated rings. The lowest BCUT2D eigenvalue weighted by atomic mass is 10.3. The van der Waals surface area contributed by atoms with E-state index in [4.69, 9.17) is 0 Å². The highest BCUT2D eigenvalue weighted by atomic mass is 32.2. The second-order valence-electron chi connectivity index (χ2n) is 5.55. The quantitative estimate of drug-likeness (QED) is 0.523. The van der Waals surface area contributed by atoms with E-state index in [0.29, 0.717) is 0 Å². The number of aromatic nitrogens is 2. The Hall–Kier alpha value is -1.14. The van der Waals surface area contributed by atoms with Crippen LogP contribution >= 0.6 is 23.1 Å². The first-order chi connectivity index (χ1) is 11.1. The predicted molar refractivity (Wildman–Crippen MR) is 99.3 cm³/mol. The van der Waals surface area contributed by atoms with Gasteiger partial charge in [0.1, 0.15) is 16.2 Å². The standard InChI is InChI=1S/C17H25N3OS2/c1-5-8-20(9-6-2)17(21)12(4)22-15-14-10-13(7-3)23-16(14)19-11-18-15/h10-12H,5-9H2,1-4H3. The molecule has 2 heterocycles. The van der Waals surface area contributed by atoms with Crippen LogP contribution in [0.2, 0.25) is 0 Å². The van der Waals surface area contributed by atoms with Gasteiger partial charge in [-0.2, -0.15) is 0 Å². The van der Waals surface area contributed by atoms with Crippen LogP contribution < -0.4 is 0 Å². The minimum absolute atomic E-state index is 0.129. The maximum absolute atomic E-state index is 12.7. The van der Waals surface area contributed by atoms with Crippen molar-refractivity contribution in [1.82, 2.24) is 14.9 Å². The van der Waals surface area contributed by atoms with Gasteiger partial charge in [0.05, 0.1) is 5.25 Å². The second kappa shape index (κ2) is 8.64. The molecule has 0 radical (unpaired) electrons.